The molecule has 0 bridgehead atoms. The molecule has 0 aliphatic heterocycles. The molecule has 1 heterocycles. The highest BCUT2D eigenvalue weighted by Gasteiger charge is 2.06. The topological polar surface area (TPSA) is 74.7 Å². The number of halogens is 1. The highest BCUT2D eigenvalue weighted by molar-refractivity contribution is 5.71. The number of aryl methyl sites for hydroxylation is 1. The van der Waals surface area contributed by atoms with Crippen molar-refractivity contribution in [1.82, 2.24) is 4.98 Å². The Morgan fingerprint density at radius 1 is 1.39 bits per heavy atom. The zero-order chi connectivity index (χ0) is 13.1. The summed E-state index contributed by atoms with van der Waals surface area (Å²) in [7, 11) is 0. The molecule has 4 nitrogen and oxygen atoms in total. The van der Waals surface area contributed by atoms with Gasteiger partial charge in [0.25, 0.3) is 0 Å². The van der Waals surface area contributed by atoms with Crippen molar-refractivity contribution in [2.24, 2.45) is 0 Å². The predicted molar refractivity (Wildman–Crippen MR) is 67.8 cm³/mol. The van der Waals surface area contributed by atoms with E-state index in [1.165, 1.54) is 18.2 Å². The SMILES string of the molecule is Cc1ccnc(Nc2ccc(F)c(C#N)c2)c1N. The Morgan fingerprint density at radius 2 is 2.17 bits per heavy atom. The van der Waals surface area contributed by atoms with E-state index in [9.17, 15) is 4.39 Å². The lowest BCUT2D eigenvalue weighted by atomic mass is 10.2. The van der Waals surface area contributed by atoms with Gasteiger partial charge in [0, 0.05) is 11.9 Å². The molecule has 18 heavy (non-hydrogen) atoms. The van der Waals surface area contributed by atoms with Gasteiger partial charge in [-0.05, 0) is 36.8 Å². The summed E-state index contributed by atoms with van der Waals surface area (Å²) < 4.78 is 13.2. The van der Waals surface area contributed by atoms with Crippen LogP contribution in [-0.2, 0) is 0 Å². The number of nitrogens with one attached hydrogen (secondary N) is 1. The summed E-state index contributed by atoms with van der Waals surface area (Å²) in [5.41, 5.74) is 7.84. The van der Waals surface area contributed by atoms with Crippen LogP contribution >= 0.6 is 0 Å². The standard InChI is InChI=1S/C13H11FN4/c1-8-4-5-17-13(12(8)16)18-10-2-3-11(14)9(6-10)7-15/h2-6H,16H2,1H3,(H,17,18). The van der Waals surface area contributed by atoms with Gasteiger partial charge in [-0.1, -0.05) is 0 Å². The van der Waals surface area contributed by atoms with Crippen molar-refractivity contribution in [1.29, 1.82) is 5.26 Å². The van der Waals surface area contributed by atoms with E-state index in [0.29, 0.717) is 17.2 Å². The van der Waals surface area contributed by atoms with Crippen molar-refractivity contribution in [3.8, 4) is 6.07 Å². The van der Waals surface area contributed by atoms with Crippen molar-refractivity contribution in [2.45, 2.75) is 6.92 Å². The number of nitrogens with zero attached hydrogens (tertiary/aromatic N) is 2. The second-order valence-electron chi connectivity index (χ2n) is 3.82. The van der Waals surface area contributed by atoms with Crippen molar-refractivity contribution in [3.05, 3.63) is 47.4 Å². The second-order valence-corrected chi connectivity index (χ2v) is 3.82. The molecule has 1 aromatic heterocycles. The van der Waals surface area contributed by atoms with Gasteiger partial charge in [-0.25, -0.2) is 9.37 Å². The first-order valence-corrected chi connectivity index (χ1v) is 5.29. The van der Waals surface area contributed by atoms with Gasteiger partial charge in [0.2, 0.25) is 0 Å². The van der Waals surface area contributed by atoms with Crippen molar-refractivity contribution in [3.63, 3.8) is 0 Å². The van der Waals surface area contributed by atoms with Crippen LogP contribution in [0.3, 0.4) is 0 Å². The van der Waals surface area contributed by atoms with Gasteiger partial charge < -0.3 is 11.1 Å². The Kier molecular flexibility index (Phi) is 3.11. The second kappa shape index (κ2) is 4.72. The minimum Gasteiger partial charge on any atom is -0.396 e. The lowest BCUT2D eigenvalue weighted by molar-refractivity contribution is 0.624. The Morgan fingerprint density at radius 3 is 2.89 bits per heavy atom. The number of nitriles is 1. The number of benzene rings is 1. The van der Waals surface area contributed by atoms with E-state index in [4.69, 9.17) is 11.0 Å². The Hall–Kier alpha value is -2.61. The molecule has 0 saturated carbocycles. The molecule has 0 saturated heterocycles. The third-order valence-corrected chi connectivity index (χ3v) is 2.56. The highest BCUT2D eigenvalue weighted by atomic mass is 19.1. The fourth-order valence-corrected chi connectivity index (χ4v) is 1.49. The molecule has 0 unspecified atom stereocenters. The van der Waals surface area contributed by atoms with Crippen molar-refractivity contribution >= 4 is 17.2 Å². The summed E-state index contributed by atoms with van der Waals surface area (Å²) in [6.07, 6.45) is 1.63. The third kappa shape index (κ3) is 2.23. The minimum atomic E-state index is -0.548. The summed E-state index contributed by atoms with van der Waals surface area (Å²) >= 11 is 0. The van der Waals surface area contributed by atoms with Gasteiger partial charge in [0.15, 0.2) is 5.82 Å². The van der Waals surface area contributed by atoms with Gasteiger partial charge in [-0.2, -0.15) is 5.26 Å². The van der Waals surface area contributed by atoms with E-state index >= 15 is 0 Å². The smallest absolute Gasteiger partial charge is 0.153 e. The maximum absolute atomic E-state index is 13.2. The van der Waals surface area contributed by atoms with Gasteiger partial charge in [0.05, 0.1) is 11.3 Å². The largest absolute Gasteiger partial charge is 0.396 e. The molecule has 1 aromatic carbocycles. The molecule has 2 rings (SSSR count). The molecule has 2 aromatic rings. The molecule has 3 N–H and O–H groups in total. The fraction of sp³-hybridized carbons (Fsp3) is 0.0769. The number of pyridine rings is 1. The van der Waals surface area contributed by atoms with Gasteiger partial charge in [-0.3, -0.25) is 0 Å². The van der Waals surface area contributed by atoms with Gasteiger partial charge in [0.1, 0.15) is 11.9 Å². The Balaban J connectivity index is 2.35. The number of aromatic nitrogens is 1. The molecule has 0 fully saturated rings. The summed E-state index contributed by atoms with van der Waals surface area (Å²) in [6.45, 7) is 1.87. The average molecular weight is 242 g/mol. The van der Waals surface area contributed by atoms with Crippen LogP contribution in [0.5, 0.6) is 0 Å². The van der Waals surface area contributed by atoms with Crippen LogP contribution in [0, 0.1) is 24.1 Å². The van der Waals surface area contributed by atoms with Gasteiger partial charge >= 0.3 is 0 Å². The number of hydrogen-bond acceptors (Lipinski definition) is 4. The Labute approximate surface area is 104 Å². The number of hydrogen-bond donors (Lipinski definition) is 2. The first kappa shape index (κ1) is 11.9. The quantitative estimate of drug-likeness (QED) is 0.849. The number of anilines is 3. The van der Waals surface area contributed by atoms with Gasteiger partial charge in [-0.15, -0.1) is 0 Å². The molecule has 0 radical (unpaired) electrons. The van der Waals surface area contributed by atoms with E-state index in [0.717, 1.165) is 5.56 Å². The molecule has 0 aliphatic carbocycles. The molecule has 0 atom stereocenters. The molecular formula is C13H11FN4. The van der Waals surface area contributed by atoms with E-state index in [-0.39, 0.29) is 5.56 Å². The minimum absolute atomic E-state index is 0.0220. The van der Waals surface area contributed by atoms with E-state index in [1.54, 1.807) is 18.3 Å². The first-order valence-electron chi connectivity index (χ1n) is 5.29. The maximum atomic E-state index is 13.2. The molecule has 90 valence electrons. The molecule has 0 spiro atoms. The van der Waals surface area contributed by atoms with Crippen LogP contribution in [0.4, 0.5) is 21.6 Å². The summed E-state index contributed by atoms with van der Waals surface area (Å²) in [5.74, 6) is -0.0567. The van der Waals surface area contributed by atoms with Crippen LogP contribution < -0.4 is 11.1 Å². The number of nitrogens with two attached hydrogens (primary N) is 1. The summed E-state index contributed by atoms with van der Waals surface area (Å²) in [6, 6.07) is 7.75. The van der Waals surface area contributed by atoms with Crippen LogP contribution in [-0.4, -0.2) is 4.98 Å². The highest BCUT2D eigenvalue weighted by Crippen LogP contribution is 2.24. The summed E-state index contributed by atoms with van der Waals surface area (Å²) in [5, 5.41) is 11.7. The molecule has 0 amide bonds. The molecule has 0 aliphatic rings. The van der Waals surface area contributed by atoms with Crippen LogP contribution in [0.25, 0.3) is 0 Å². The zero-order valence-electron chi connectivity index (χ0n) is 9.74. The van der Waals surface area contributed by atoms with Crippen LogP contribution in [0.2, 0.25) is 0 Å². The van der Waals surface area contributed by atoms with E-state index in [2.05, 4.69) is 10.3 Å². The van der Waals surface area contributed by atoms with Crippen molar-refractivity contribution in [2.75, 3.05) is 11.1 Å². The average Bonchev–Trinajstić information content (AvgIpc) is 2.37. The lowest BCUT2D eigenvalue weighted by Gasteiger charge is -2.10. The molecular weight excluding hydrogens is 231 g/mol. The van der Waals surface area contributed by atoms with E-state index in [1.807, 2.05) is 6.92 Å². The van der Waals surface area contributed by atoms with E-state index < -0.39 is 5.82 Å². The van der Waals surface area contributed by atoms with Crippen LogP contribution in [0.15, 0.2) is 30.5 Å². The predicted octanol–water partition coefficient (Wildman–Crippen LogP) is 2.73. The summed E-state index contributed by atoms with van der Waals surface area (Å²) in [4.78, 5) is 4.10. The number of rotatable bonds is 2. The zero-order valence-corrected chi connectivity index (χ0v) is 9.74. The lowest BCUT2D eigenvalue weighted by Crippen LogP contribution is -2.01. The first-order chi connectivity index (χ1) is 8.61. The third-order valence-electron chi connectivity index (χ3n) is 2.56. The van der Waals surface area contributed by atoms with Crippen molar-refractivity contribution < 1.29 is 4.39 Å². The fourth-order valence-electron chi connectivity index (χ4n) is 1.49. The molecule has 5 heteroatoms. The maximum Gasteiger partial charge on any atom is 0.153 e. The normalized spacial score (nSPS) is 9.83. The Bertz CT molecular complexity index is 631. The monoisotopic (exact) mass is 242 g/mol. The van der Waals surface area contributed by atoms with Crippen LogP contribution in [0.1, 0.15) is 11.1 Å². The number of nitrogen functional groups attached to an aromatic ring is 1.